The Morgan fingerprint density at radius 2 is 2.00 bits per heavy atom. The molecule has 0 fully saturated rings. The van der Waals surface area contributed by atoms with Gasteiger partial charge in [-0.2, -0.15) is 8.78 Å². The lowest BCUT2D eigenvalue weighted by Crippen LogP contribution is -2.34. The van der Waals surface area contributed by atoms with Crippen LogP contribution in [0.4, 0.5) is 28.9 Å². The summed E-state index contributed by atoms with van der Waals surface area (Å²) in [5, 5.41) is 12.6. The van der Waals surface area contributed by atoms with E-state index in [4.69, 9.17) is 0 Å². The normalized spacial score (nSPS) is 11.7. The van der Waals surface area contributed by atoms with Crippen LogP contribution in [0.15, 0.2) is 18.2 Å². The van der Waals surface area contributed by atoms with E-state index in [1.807, 2.05) is 0 Å². The number of nitrogens with zero attached hydrogens (tertiary/aromatic N) is 1. The van der Waals surface area contributed by atoms with Crippen molar-refractivity contribution in [1.29, 1.82) is 0 Å². The number of nitro benzene ring substituents is 1. The first-order valence-corrected chi connectivity index (χ1v) is 4.88. The van der Waals surface area contributed by atoms with E-state index in [0.29, 0.717) is 5.56 Å². The second-order valence-corrected chi connectivity index (χ2v) is 3.73. The minimum Gasteiger partial charge on any atom is -0.379 e. The number of halogens is 4. The van der Waals surface area contributed by atoms with E-state index in [0.717, 1.165) is 6.07 Å². The molecule has 0 spiro atoms. The van der Waals surface area contributed by atoms with E-state index in [2.05, 4.69) is 5.32 Å². The molecule has 18 heavy (non-hydrogen) atoms. The third-order valence-corrected chi connectivity index (χ3v) is 2.12. The molecule has 0 atom stereocenters. The van der Waals surface area contributed by atoms with Gasteiger partial charge in [0.15, 0.2) is 0 Å². The average molecular weight is 266 g/mol. The Labute approximate surface area is 99.8 Å². The number of anilines is 1. The van der Waals surface area contributed by atoms with Crippen LogP contribution in [0.2, 0.25) is 0 Å². The lowest BCUT2D eigenvalue weighted by atomic mass is 10.2. The van der Waals surface area contributed by atoms with Gasteiger partial charge in [-0.15, -0.1) is 0 Å². The highest BCUT2D eigenvalue weighted by Crippen LogP contribution is 2.25. The van der Waals surface area contributed by atoms with Gasteiger partial charge in [0.05, 0.1) is 11.5 Å². The molecule has 1 N–H and O–H groups in total. The molecule has 0 aliphatic heterocycles. The van der Waals surface area contributed by atoms with Gasteiger partial charge in [0.1, 0.15) is 0 Å². The molecule has 1 aromatic rings. The van der Waals surface area contributed by atoms with Crippen molar-refractivity contribution in [3.63, 3.8) is 0 Å². The van der Waals surface area contributed by atoms with E-state index < -0.39 is 23.8 Å². The molecule has 0 radical (unpaired) electrons. The molecule has 0 saturated heterocycles. The molecule has 1 aromatic carbocycles. The second kappa shape index (κ2) is 5.19. The lowest BCUT2D eigenvalue weighted by molar-refractivity contribution is -0.384. The van der Waals surface area contributed by atoms with Gasteiger partial charge >= 0.3 is 12.3 Å². The SMILES string of the molecule is Cc1cc(NCC(F)(F)C(F)F)cc([N+](=O)[O-])c1. The van der Waals surface area contributed by atoms with E-state index in [9.17, 15) is 27.7 Å². The Kier molecular flexibility index (Phi) is 4.10. The van der Waals surface area contributed by atoms with Gasteiger partial charge in [-0.1, -0.05) is 0 Å². The minimum atomic E-state index is -4.18. The van der Waals surface area contributed by atoms with Gasteiger partial charge in [-0.3, -0.25) is 10.1 Å². The first kappa shape index (κ1) is 14.2. The molecule has 4 nitrogen and oxygen atoms in total. The van der Waals surface area contributed by atoms with Gasteiger partial charge in [0.2, 0.25) is 0 Å². The number of nitro groups is 1. The largest absolute Gasteiger partial charge is 0.379 e. The number of hydrogen-bond acceptors (Lipinski definition) is 3. The first-order chi connectivity index (χ1) is 8.22. The summed E-state index contributed by atoms with van der Waals surface area (Å²) >= 11 is 0. The highest BCUT2D eigenvalue weighted by molar-refractivity contribution is 5.53. The van der Waals surface area contributed by atoms with Crippen molar-refractivity contribution in [2.75, 3.05) is 11.9 Å². The second-order valence-electron chi connectivity index (χ2n) is 3.73. The maximum absolute atomic E-state index is 12.6. The fraction of sp³-hybridized carbons (Fsp3) is 0.400. The predicted octanol–water partition coefficient (Wildman–Crippen LogP) is 3.22. The van der Waals surface area contributed by atoms with Gasteiger partial charge in [0.25, 0.3) is 5.69 Å². The van der Waals surface area contributed by atoms with Crippen LogP contribution in [0.5, 0.6) is 0 Å². The molecule has 0 aliphatic rings. The number of non-ortho nitro benzene ring substituents is 1. The third kappa shape index (κ3) is 3.57. The molecule has 0 aliphatic carbocycles. The van der Waals surface area contributed by atoms with Crippen LogP contribution >= 0.6 is 0 Å². The summed E-state index contributed by atoms with van der Waals surface area (Å²) in [4.78, 5) is 9.83. The summed E-state index contributed by atoms with van der Waals surface area (Å²) in [6.45, 7) is 0.245. The van der Waals surface area contributed by atoms with Gasteiger partial charge in [0, 0.05) is 17.8 Å². The number of benzene rings is 1. The molecule has 0 unspecified atom stereocenters. The first-order valence-electron chi connectivity index (χ1n) is 4.88. The molecule has 0 saturated carbocycles. The lowest BCUT2D eigenvalue weighted by Gasteiger charge is -2.16. The fourth-order valence-electron chi connectivity index (χ4n) is 1.27. The van der Waals surface area contributed by atoms with Crippen LogP contribution in [0.25, 0.3) is 0 Å². The summed E-state index contributed by atoms with van der Waals surface area (Å²) in [6.07, 6.45) is -3.79. The molecule has 100 valence electrons. The van der Waals surface area contributed by atoms with E-state index in [-0.39, 0.29) is 11.4 Å². The highest BCUT2D eigenvalue weighted by atomic mass is 19.3. The molecule has 0 amide bonds. The quantitative estimate of drug-likeness (QED) is 0.505. The van der Waals surface area contributed by atoms with Crippen molar-refractivity contribution in [2.45, 2.75) is 19.3 Å². The van der Waals surface area contributed by atoms with Crippen LogP contribution in [-0.4, -0.2) is 23.8 Å². The molecule has 0 bridgehead atoms. The van der Waals surface area contributed by atoms with Crippen molar-refractivity contribution in [3.05, 3.63) is 33.9 Å². The molecular weight excluding hydrogens is 256 g/mol. The average Bonchev–Trinajstić information content (AvgIpc) is 2.25. The van der Waals surface area contributed by atoms with Crippen molar-refractivity contribution in [3.8, 4) is 0 Å². The maximum atomic E-state index is 12.6. The van der Waals surface area contributed by atoms with E-state index in [1.165, 1.54) is 19.1 Å². The van der Waals surface area contributed by atoms with Crippen LogP contribution in [0.3, 0.4) is 0 Å². The molecule has 0 heterocycles. The van der Waals surface area contributed by atoms with Crippen LogP contribution in [0, 0.1) is 17.0 Å². The fourth-order valence-corrected chi connectivity index (χ4v) is 1.27. The Morgan fingerprint density at radius 3 is 2.50 bits per heavy atom. The van der Waals surface area contributed by atoms with Crippen LogP contribution < -0.4 is 5.32 Å². The number of nitrogens with one attached hydrogen (secondary N) is 1. The zero-order chi connectivity index (χ0) is 13.9. The van der Waals surface area contributed by atoms with Crippen molar-refractivity contribution < 1.29 is 22.5 Å². The third-order valence-electron chi connectivity index (χ3n) is 2.12. The van der Waals surface area contributed by atoms with Crippen LogP contribution in [-0.2, 0) is 0 Å². The maximum Gasteiger partial charge on any atom is 0.324 e. The summed E-state index contributed by atoms with van der Waals surface area (Å²) in [5.74, 6) is -4.18. The zero-order valence-corrected chi connectivity index (χ0v) is 9.29. The number of hydrogen-bond donors (Lipinski definition) is 1. The Balaban J connectivity index is 2.83. The predicted molar refractivity (Wildman–Crippen MR) is 57.3 cm³/mol. The highest BCUT2D eigenvalue weighted by Gasteiger charge is 2.40. The Bertz CT molecular complexity index is 452. The van der Waals surface area contributed by atoms with Crippen molar-refractivity contribution in [1.82, 2.24) is 0 Å². The Hall–Kier alpha value is -1.86. The summed E-state index contributed by atoms with van der Waals surface area (Å²) < 4.78 is 49.1. The van der Waals surface area contributed by atoms with Crippen molar-refractivity contribution >= 4 is 11.4 Å². The zero-order valence-electron chi connectivity index (χ0n) is 9.29. The monoisotopic (exact) mass is 266 g/mol. The topological polar surface area (TPSA) is 55.2 Å². The van der Waals surface area contributed by atoms with E-state index in [1.54, 1.807) is 0 Å². The van der Waals surface area contributed by atoms with E-state index >= 15 is 0 Å². The number of rotatable bonds is 5. The van der Waals surface area contributed by atoms with Gasteiger partial charge < -0.3 is 5.32 Å². The smallest absolute Gasteiger partial charge is 0.324 e. The Morgan fingerprint density at radius 1 is 1.39 bits per heavy atom. The summed E-state index contributed by atoms with van der Waals surface area (Å²) in [5.41, 5.74) is 0.173. The van der Waals surface area contributed by atoms with Gasteiger partial charge in [-0.25, -0.2) is 8.78 Å². The molecule has 0 aromatic heterocycles. The minimum absolute atomic E-state index is 0.00188. The molecule has 1 rings (SSSR count). The van der Waals surface area contributed by atoms with Gasteiger partial charge in [-0.05, 0) is 18.6 Å². The standard InChI is InChI=1S/C10H10F4N2O2/c1-6-2-7(4-8(3-6)16(17)18)15-5-10(13,14)9(11)12/h2-4,9,15H,5H2,1H3. The molecular formula is C10H10F4N2O2. The summed E-state index contributed by atoms with van der Waals surface area (Å²) in [6, 6.07) is 3.61. The number of aryl methyl sites for hydroxylation is 1. The number of alkyl halides is 4. The van der Waals surface area contributed by atoms with Crippen molar-refractivity contribution in [2.24, 2.45) is 0 Å². The molecule has 8 heteroatoms. The van der Waals surface area contributed by atoms with Crippen LogP contribution in [0.1, 0.15) is 5.56 Å². The summed E-state index contributed by atoms with van der Waals surface area (Å²) in [7, 11) is 0.